The average molecular weight is 465 g/mol. The van der Waals surface area contributed by atoms with E-state index >= 15 is 0 Å². The zero-order valence-electron chi connectivity index (χ0n) is 20.4. The molecule has 2 fully saturated rings. The lowest BCUT2D eigenvalue weighted by molar-refractivity contribution is -0.199. The molecule has 0 aliphatic carbocycles. The van der Waals surface area contributed by atoms with Crippen molar-refractivity contribution >= 4 is 19.5 Å². The van der Waals surface area contributed by atoms with Crippen molar-refractivity contribution in [2.45, 2.75) is 89.5 Å². The van der Waals surface area contributed by atoms with E-state index in [1.54, 1.807) is 19.8 Å². The minimum atomic E-state index is -1.93. The van der Waals surface area contributed by atoms with E-state index < -0.39 is 20.3 Å². The van der Waals surface area contributed by atoms with E-state index in [4.69, 9.17) is 23.4 Å². The topological polar surface area (TPSA) is 89.8 Å². The molecule has 32 heavy (non-hydrogen) atoms. The van der Waals surface area contributed by atoms with Crippen molar-refractivity contribution in [3.63, 3.8) is 0 Å². The third kappa shape index (κ3) is 4.36. The van der Waals surface area contributed by atoms with E-state index in [2.05, 4.69) is 48.8 Å². The zero-order valence-corrected chi connectivity index (χ0v) is 21.4. The third-order valence-corrected chi connectivity index (χ3v) is 11.3. The van der Waals surface area contributed by atoms with Crippen LogP contribution in [0.5, 0.6) is 0 Å². The second kappa shape index (κ2) is 8.41. The molecule has 2 aromatic rings. The molecule has 0 unspecified atom stereocenters. The summed E-state index contributed by atoms with van der Waals surface area (Å²) in [6.07, 6.45) is 2.81. The SMILES string of the molecule is COCCc1ncnc2c1ncn2[C@@H]1O[C@H](CO[Si](C)(C)C(C)(C)C)[C@H]2OC(C)(C)O[C@H]21. The largest absolute Gasteiger partial charge is 0.414 e. The number of nitrogens with zero attached hydrogens (tertiary/aromatic N) is 4. The lowest BCUT2D eigenvalue weighted by atomic mass is 10.1. The quantitative estimate of drug-likeness (QED) is 0.576. The van der Waals surface area contributed by atoms with Gasteiger partial charge in [-0.25, -0.2) is 15.0 Å². The standard InChI is InChI=1S/C22H36N4O5Si/c1-21(2,3)32(7,8)28-11-15-17-18(31-22(4,5)30-17)20(29-15)26-13-25-16-14(9-10-27-6)23-12-24-19(16)26/h12-13,15,17-18,20H,9-11H2,1-8H3/t15-,17-,18-,20-/m1/s1. The Hall–Kier alpha value is -1.43. The van der Waals surface area contributed by atoms with Gasteiger partial charge in [0.2, 0.25) is 0 Å². The summed E-state index contributed by atoms with van der Waals surface area (Å²) >= 11 is 0. The first-order chi connectivity index (χ1) is 14.9. The molecule has 2 aliphatic heterocycles. The molecule has 0 saturated carbocycles. The highest BCUT2D eigenvalue weighted by molar-refractivity contribution is 6.74. The number of rotatable bonds is 7. The number of aromatic nitrogens is 4. The molecule has 0 N–H and O–H groups in total. The molecule has 9 nitrogen and oxygen atoms in total. The summed E-state index contributed by atoms with van der Waals surface area (Å²) in [7, 11) is -0.257. The van der Waals surface area contributed by atoms with Gasteiger partial charge in [-0.15, -0.1) is 0 Å². The molecule has 178 valence electrons. The number of fused-ring (bicyclic) bond motifs is 2. The lowest BCUT2D eigenvalue weighted by Gasteiger charge is -2.37. The number of imidazole rings is 1. The van der Waals surface area contributed by atoms with Crippen molar-refractivity contribution in [2.75, 3.05) is 20.3 Å². The van der Waals surface area contributed by atoms with Crippen LogP contribution in [0.4, 0.5) is 0 Å². The smallest absolute Gasteiger partial charge is 0.192 e. The summed E-state index contributed by atoms with van der Waals surface area (Å²) in [6.45, 7) is 16.1. The molecule has 0 amide bonds. The van der Waals surface area contributed by atoms with E-state index in [-0.39, 0.29) is 23.4 Å². The maximum Gasteiger partial charge on any atom is 0.192 e. The molecule has 0 radical (unpaired) electrons. The van der Waals surface area contributed by atoms with Crippen molar-refractivity contribution in [3.05, 3.63) is 18.3 Å². The van der Waals surface area contributed by atoms with E-state index in [1.807, 2.05) is 18.4 Å². The fourth-order valence-electron chi connectivity index (χ4n) is 3.99. The predicted octanol–water partition coefficient (Wildman–Crippen LogP) is 3.45. The van der Waals surface area contributed by atoms with Crippen molar-refractivity contribution in [2.24, 2.45) is 0 Å². The normalized spacial score (nSPS) is 27.9. The van der Waals surface area contributed by atoms with Gasteiger partial charge in [-0.2, -0.15) is 0 Å². The summed E-state index contributed by atoms with van der Waals surface area (Å²) in [4.78, 5) is 13.5. The number of methoxy groups -OCH3 is 1. The number of hydrogen-bond acceptors (Lipinski definition) is 8. The molecule has 2 aromatic heterocycles. The van der Waals surface area contributed by atoms with Crippen LogP contribution in [0.1, 0.15) is 46.5 Å². The Morgan fingerprint density at radius 1 is 1.12 bits per heavy atom. The third-order valence-electron chi connectivity index (χ3n) is 6.79. The Morgan fingerprint density at radius 2 is 1.84 bits per heavy atom. The van der Waals surface area contributed by atoms with Crippen LogP contribution in [0.2, 0.25) is 18.1 Å². The van der Waals surface area contributed by atoms with Gasteiger partial charge >= 0.3 is 0 Å². The van der Waals surface area contributed by atoms with E-state index in [9.17, 15) is 0 Å². The highest BCUT2D eigenvalue weighted by Crippen LogP contribution is 2.45. The summed E-state index contributed by atoms with van der Waals surface area (Å²) < 4.78 is 32.6. The highest BCUT2D eigenvalue weighted by atomic mass is 28.4. The second-order valence-electron chi connectivity index (χ2n) is 10.6. The van der Waals surface area contributed by atoms with E-state index in [0.717, 1.165) is 11.2 Å². The van der Waals surface area contributed by atoms with Crippen molar-refractivity contribution in [1.29, 1.82) is 0 Å². The molecular formula is C22H36N4O5Si. The van der Waals surface area contributed by atoms with Crippen LogP contribution >= 0.6 is 0 Å². The van der Waals surface area contributed by atoms with Crippen LogP contribution in [0.15, 0.2) is 12.7 Å². The molecule has 2 saturated heterocycles. The molecule has 0 bridgehead atoms. The Balaban J connectivity index is 1.61. The summed E-state index contributed by atoms with van der Waals surface area (Å²) in [6, 6.07) is 0. The first-order valence-corrected chi connectivity index (χ1v) is 14.1. The van der Waals surface area contributed by atoms with Crippen LogP contribution in [0.25, 0.3) is 11.2 Å². The molecule has 2 aliphatic rings. The number of ether oxygens (including phenoxy) is 4. The van der Waals surface area contributed by atoms with Gasteiger partial charge in [0.15, 0.2) is 26.0 Å². The molecule has 10 heteroatoms. The fourth-order valence-corrected chi connectivity index (χ4v) is 5.01. The molecule has 4 atom stereocenters. The van der Waals surface area contributed by atoms with Crippen LogP contribution in [0.3, 0.4) is 0 Å². The van der Waals surface area contributed by atoms with Crippen LogP contribution in [-0.4, -0.2) is 72.3 Å². The van der Waals surface area contributed by atoms with Gasteiger partial charge in [-0.1, -0.05) is 20.8 Å². The zero-order chi connectivity index (χ0) is 23.3. The minimum Gasteiger partial charge on any atom is -0.414 e. The van der Waals surface area contributed by atoms with Gasteiger partial charge in [0.25, 0.3) is 0 Å². The van der Waals surface area contributed by atoms with Gasteiger partial charge in [0.05, 0.1) is 25.2 Å². The van der Waals surface area contributed by atoms with Crippen molar-refractivity contribution in [3.8, 4) is 0 Å². The maximum absolute atomic E-state index is 6.49. The number of hydrogen-bond donors (Lipinski definition) is 0. The molecule has 0 aromatic carbocycles. The fraction of sp³-hybridized carbons (Fsp3) is 0.773. The molecule has 4 rings (SSSR count). The molecular weight excluding hydrogens is 428 g/mol. The van der Waals surface area contributed by atoms with E-state index in [1.165, 1.54) is 0 Å². The van der Waals surface area contributed by atoms with E-state index in [0.29, 0.717) is 25.3 Å². The molecule has 0 spiro atoms. The second-order valence-corrected chi connectivity index (χ2v) is 15.4. The summed E-state index contributed by atoms with van der Waals surface area (Å²) in [5.74, 6) is -0.693. The van der Waals surface area contributed by atoms with Gasteiger partial charge in [-0.3, -0.25) is 4.57 Å². The Morgan fingerprint density at radius 3 is 2.53 bits per heavy atom. The lowest BCUT2D eigenvalue weighted by Crippen LogP contribution is -2.44. The van der Waals surface area contributed by atoms with Gasteiger partial charge in [-0.05, 0) is 32.0 Å². The molecule has 4 heterocycles. The Bertz CT molecular complexity index is 957. The Kier molecular flexibility index (Phi) is 6.23. The first-order valence-electron chi connectivity index (χ1n) is 11.2. The van der Waals surface area contributed by atoms with Gasteiger partial charge < -0.3 is 23.4 Å². The average Bonchev–Trinajstić information content (AvgIpc) is 3.35. The Labute approximate surface area is 190 Å². The van der Waals surface area contributed by atoms with Gasteiger partial charge in [0, 0.05) is 13.5 Å². The predicted molar refractivity (Wildman–Crippen MR) is 122 cm³/mol. The van der Waals surface area contributed by atoms with Crippen LogP contribution in [0, 0.1) is 0 Å². The monoisotopic (exact) mass is 464 g/mol. The van der Waals surface area contributed by atoms with Crippen LogP contribution < -0.4 is 0 Å². The maximum atomic E-state index is 6.49. The first kappa shape index (κ1) is 23.7. The van der Waals surface area contributed by atoms with Crippen molar-refractivity contribution < 1.29 is 23.4 Å². The van der Waals surface area contributed by atoms with Crippen LogP contribution in [-0.2, 0) is 29.8 Å². The van der Waals surface area contributed by atoms with Gasteiger partial charge in [0.1, 0.15) is 30.2 Å². The minimum absolute atomic E-state index is 0.118. The summed E-state index contributed by atoms with van der Waals surface area (Å²) in [5, 5.41) is 0.118. The highest BCUT2D eigenvalue weighted by Gasteiger charge is 2.56. The van der Waals surface area contributed by atoms with Crippen molar-refractivity contribution in [1.82, 2.24) is 19.5 Å². The summed E-state index contributed by atoms with van der Waals surface area (Å²) in [5.41, 5.74) is 2.32.